The molecule has 0 heterocycles. The molecule has 4 nitrogen and oxygen atoms in total. The summed E-state index contributed by atoms with van der Waals surface area (Å²) >= 11 is 0. The highest BCUT2D eigenvalue weighted by molar-refractivity contribution is 7.89. The smallest absolute Gasteiger partial charge is 0.243 e. The molecule has 21 heavy (non-hydrogen) atoms. The minimum absolute atomic E-state index is 0.419. The molecule has 1 aromatic rings. The minimum atomic E-state index is -3.33. The highest BCUT2D eigenvalue weighted by Crippen LogP contribution is 2.31. The lowest BCUT2D eigenvalue weighted by Crippen LogP contribution is -2.32. The van der Waals surface area contributed by atoms with Crippen LogP contribution in [0.1, 0.15) is 31.7 Å². The molecule has 0 aromatic heterocycles. The van der Waals surface area contributed by atoms with E-state index in [4.69, 9.17) is 0 Å². The summed E-state index contributed by atoms with van der Waals surface area (Å²) in [7, 11) is -1.39. The summed E-state index contributed by atoms with van der Waals surface area (Å²) in [4.78, 5) is 0.419. The topological polar surface area (TPSA) is 49.4 Å². The Morgan fingerprint density at radius 2 is 1.90 bits per heavy atom. The largest absolute Gasteiger partial charge is 0.320 e. The van der Waals surface area contributed by atoms with E-state index in [1.807, 2.05) is 26.1 Å². The lowest BCUT2D eigenvalue weighted by Gasteiger charge is -2.20. The van der Waals surface area contributed by atoms with Gasteiger partial charge in [0.2, 0.25) is 10.0 Å². The molecule has 1 aliphatic rings. The minimum Gasteiger partial charge on any atom is -0.320 e. The van der Waals surface area contributed by atoms with Gasteiger partial charge < -0.3 is 5.32 Å². The van der Waals surface area contributed by atoms with Crippen molar-refractivity contribution in [3.8, 4) is 0 Å². The highest BCUT2D eigenvalue weighted by atomic mass is 32.2. The first-order valence-electron chi connectivity index (χ1n) is 7.81. The van der Waals surface area contributed by atoms with E-state index in [1.165, 1.54) is 5.56 Å². The van der Waals surface area contributed by atoms with E-state index in [0.717, 1.165) is 32.2 Å². The predicted octanol–water partition coefficient (Wildman–Crippen LogP) is 2.26. The van der Waals surface area contributed by atoms with E-state index in [1.54, 1.807) is 16.4 Å². The van der Waals surface area contributed by atoms with Crippen LogP contribution in [0.15, 0.2) is 29.2 Å². The van der Waals surface area contributed by atoms with Crippen molar-refractivity contribution in [2.45, 2.75) is 37.5 Å². The van der Waals surface area contributed by atoms with Gasteiger partial charge in [-0.3, -0.25) is 0 Å². The summed E-state index contributed by atoms with van der Waals surface area (Å²) in [5.41, 5.74) is 1.19. The third kappa shape index (κ3) is 4.53. The molecule has 0 unspecified atom stereocenters. The zero-order chi connectivity index (χ0) is 15.3. The fourth-order valence-corrected chi connectivity index (χ4v) is 3.96. The maximum Gasteiger partial charge on any atom is 0.243 e. The quantitative estimate of drug-likeness (QED) is 0.712. The Balaban J connectivity index is 2.04. The molecule has 2 rings (SSSR count). The average molecular weight is 310 g/mol. The summed E-state index contributed by atoms with van der Waals surface area (Å²) in [6.45, 7) is 4.10. The van der Waals surface area contributed by atoms with Crippen LogP contribution in [0.25, 0.3) is 0 Å². The third-order valence-electron chi connectivity index (χ3n) is 3.96. The molecule has 0 atom stereocenters. The fourth-order valence-electron chi connectivity index (χ4n) is 2.43. The zero-order valence-corrected chi connectivity index (χ0v) is 13.8. The van der Waals surface area contributed by atoms with Crippen molar-refractivity contribution in [3.63, 3.8) is 0 Å². The Morgan fingerprint density at radius 1 is 1.24 bits per heavy atom. The lowest BCUT2D eigenvalue weighted by atomic mass is 10.1. The van der Waals surface area contributed by atoms with Crippen molar-refractivity contribution < 1.29 is 8.42 Å². The van der Waals surface area contributed by atoms with E-state index >= 15 is 0 Å². The third-order valence-corrected chi connectivity index (χ3v) is 5.92. The fraction of sp³-hybridized carbons (Fsp3) is 0.625. The number of nitrogens with zero attached hydrogens (tertiary/aromatic N) is 1. The average Bonchev–Trinajstić information content (AvgIpc) is 3.29. The van der Waals surface area contributed by atoms with Crippen LogP contribution in [0.3, 0.4) is 0 Å². The van der Waals surface area contributed by atoms with Gasteiger partial charge in [-0.2, -0.15) is 4.31 Å². The second-order valence-corrected chi connectivity index (χ2v) is 7.69. The monoisotopic (exact) mass is 310 g/mol. The SMILES string of the molecule is CCN(CC1CC1)S(=O)(=O)c1ccc(CCCNC)cc1. The molecule has 0 radical (unpaired) electrons. The van der Waals surface area contributed by atoms with E-state index in [0.29, 0.717) is 23.9 Å². The van der Waals surface area contributed by atoms with Crippen molar-refractivity contribution in [3.05, 3.63) is 29.8 Å². The van der Waals surface area contributed by atoms with Crippen LogP contribution in [-0.4, -0.2) is 39.4 Å². The summed E-state index contributed by atoms with van der Waals surface area (Å²) in [6, 6.07) is 7.38. The Hall–Kier alpha value is -0.910. The molecule has 1 N–H and O–H groups in total. The molecule has 0 bridgehead atoms. The van der Waals surface area contributed by atoms with Gasteiger partial charge in [0.25, 0.3) is 0 Å². The van der Waals surface area contributed by atoms with E-state index in [9.17, 15) is 8.42 Å². The van der Waals surface area contributed by atoms with Crippen molar-refractivity contribution in [2.75, 3.05) is 26.7 Å². The van der Waals surface area contributed by atoms with Crippen molar-refractivity contribution in [1.82, 2.24) is 9.62 Å². The standard InChI is InChI=1S/C16H26N2O2S/c1-3-18(13-15-6-7-15)21(19,20)16-10-8-14(9-11-16)5-4-12-17-2/h8-11,15,17H,3-7,12-13H2,1-2H3. The van der Waals surface area contributed by atoms with Gasteiger partial charge in [0.05, 0.1) is 4.90 Å². The Kier molecular flexibility index (Phi) is 5.79. The molecule has 1 aromatic carbocycles. The maximum absolute atomic E-state index is 12.6. The molecule has 1 fully saturated rings. The van der Waals surface area contributed by atoms with E-state index in [-0.39, 0.29) is 0 Å². The molecule has 118 valence electrons. The Bertz CT molecular complexity index is 536. The van der Waals surface area contributed by atoms with Gasteiger partial charge in [0, 0.05) is 13.1 Å². The van der Waals surface area contributed by atoms with Crippen molar-refractivity contribution >= 4 is 10.0 Å². The number of hydrogen-bond acceptors (Lipinski definition) is 3. The van der Waals surface area contributed by atoms with Crippen molar-refractivity contribution in [1.29, 1.82) is 0 Å². The second-order valence-electron chi connectivity index (χ2n) is 5.75. The predicted molar refractivity (Wildman–Crippen MR) is 85.8 cm³/mol. The Morgan fingerprint density at radius 3 is 2.43 bits per heavy atom. The summed E-state index contributed by atoms with van der Waals surface area (Å²) < 4.78 is 26.8. The van der Waals surface area contributed by atoms with Crippen LogP contribution >= 0.6 is 0 Å². The molecule has 1 aliphatic carbocycles. The molecule has 0 amide bonds. The maximum atomic E-state index is 12.6. The summed E-state index contributed by atoms with van der Waals surface area (Å²) in [6.07, 6.45) is 4.36. The molecular weight excluding hydrogens is 284 g/mol. The second kappa shape index (κ2) is 7.38. The lowest BCUT2D eigenvalue weighted by molar-refractivity contribution is 0.412. The molecule has 0 spiro atoms. The summed E-state index contributed by atoms with van der Waals surface area (Å²) in [5, 5.41) is 3.12. The first-order valence-corrected chi connectivity index (χ1v) is 9.25. The molecule has 1 saturated carbocycles. The van der Waals surface area contributed by atoms with E-state index < -0.39 is 10.0 Å². The number of nitrogens with one attached hydrogen (secondary N) is 1. The molecular formula is C16H26N2O2S. The molecule has 0 saturated heterocycles. The van der Waals surface area contributed by atoms with E-state index in [2.05, 4.69) is 5.32 Å². The normalized spacial score (nSPS) is 15.6. The summed E-state index contributed by atoms with van der Waals surface area (Å²) in [5.74, 6) is 0.570. The highest BCUT2D eigenvalue weighted by Gasteiger charge is 2.30. The van der Waals surface area contributed by atoms with Crippen LogP contribution in [0.4, 0.5) is 0 Å². The Labute approximate surface area is 128 Å². The number of benzene rings is 1. The van der Waals surface area contributed by atoms with Gasteiger partial charge in [-0.25, -0.2) is 8.42 Å². The molecule has 0 aliphatic heterocycles. The van der Waals surface area contributed by atoms with Crippen LogP contribution < -0.4 is 5.32 Å². The first-order chi connectivity index (χ1) is 10.1. The van der Waals surface area contributed by atoms with Crippen LogP contribution in [0.2, 0.25) is 0 Å². The van der Waals surface area contributed by atoms with Gasteiger partial charge in [-0.15, -0.1) is 0 Å². The zero-order valence-electron chi connectivity index (χ0n) is 13.0. The van der Waals surface area contributed by atoms with Crippen LogP contribution in [0.5, 0.6) is 0 Å². The number of aryl methyl sites for hydroxylation is 1. The van der Waals surface area contributed by atoms with Gasteiger partial charge in [0.15, 0.2) is 0 Å². The van der Waals surface area contributed by atoms with Crippen LogP contribution in [0, 0.1) is 5.92 Å². The number of rotatable bonds is 9. The van der Waals surface area contributed by atoms with Gasteiger partial charge >= 0.3 is 0 Å². The van der Waals surface area contributed by atoms with Gasteiger partial charge in [0.1, 0.15) is 0 Å². The molecule has 5 heteroatoms. The number of hydrogen-bond donors (Lipinski definition) is 1. The first kappa shape index (κ1) is 16.5. The van der Waals surface area contributed by atoms with Gasteiger partial charge in [-0.1, -0.05) is 19.1 Å². The van der Waals surface area contributed by atoms with Gasteiger partial charge in [-0.05, 0) is 62.9 Å². The van der Waals surface area contributed by atoms with Crippen molar-refractivity contribution in [2.24, 2.45) is 5.92 Å². The van der Waals surface area contributed by atoms with Crippen LogP contribution in [-0.2, 0) is 16.4 Å². The number of sulfonamides is 1.